The SMILES string of the molecule is Oc1ccccc1SCC1(O)CCCCC1. The van der Waals surface area contributed by atoms with Crippen molar-refractivity contribution in [3.63, 3.8) is 0 Å². The summed E-state index contributed by atoms with van der Waals surface area (Å²) in [6.45, 7) is 0. The number of benzene rings is 1. The minimum Gasteiger partial charge on any atom is -0.507 e. The standard InChI is InChI=1S/C13H18O2S/c14-11-6-2-3-7-12(11)16-10-13(15)8-4-1-5-9-13/h2-3,6-7,14-15H,1,4-5,8-10H2. The summed E-state index contributed by atoms with van der Waals surface area (Å²) in [6, 6.07) is 7.31. The largest absolute Gasteiger partial charge is 0.507 e. The highest BCUT2D eigenvalue weighted by molar-refractivity contribution is 7.99. The van der Waals surface area contributed by atoms with E-state index < -0.39 is 5.60 Å². The average Bonchev–Trinajstić information content (AvgIpc) is 2.29. The Hall–Kier alpha value is -0.670. The number of phenolic OH excluding ortho intramolecular Hbond substituents is 1. The highest BCUT2D eigenvalue weighted by Gasteiger charge is 2.29. The minimum atomic E-state index is -0.523. The third kappa shape index (κ3) is 2.92. The fraction of sp³-hybridized carbons (Fsp3) is 0.538. The van der Waals surface area contributed by atoms with E-state index in [1.807, 2.05) is 18.2 Å². The van der Waals surface area contributed by atoms with Gasteiger partial charge in [-0.25, -0.2) is 0 Å². The third-order valence-electron chi connectivity index (χ3n) is 3.15. The van der Waals surface area contributed by atoms with E-state index >= 15 is 0 Å². The Balaban J connectivity index is 1.94. The fourth-order valence-electron chi connectivity index (χ4n) is 2.15. The van der Waals surface area contributed by atoms with Crippen LogP contribution in [0.4, 0.5) is 0 Å². The van der Waals surface area contributed by atoms with Crippen molar-refractivity contribution < 1.29 is 10.2 Å². The topological polar surface area (TPSA) is 40.5 Å². The molecular formula is C13H18O2S. The zero-order valence-electron chi connectivity index (χ0n) is 9.35. The molecule has 88 valence electrons. The number of phenols is 1. The summed E-state index contributed by atoms with van der Waals surface area (Å²) in [5, 5.41) is 19.9. The molecule has 0 amide bonds. The number of hydrogen-bond donors (Lipinski definition) is 2. The van der Waals surface area contributed by atoms with E-state index in [1.165, 1.54) is 6.42 Å². The molecule has 0 spiro atoms. The average molecular weight is 238 g/mol. The Kier molecular flexibility index (Phi) is 3.77. The Morgan fingerprint density at radius 2 is 1.81 bits per heavy atom. The zero-order chi connectivity index (χ0) is 11.4. The van der Waals surface area contributed by atoms with Crippen LogP contribution < -0.4 is 0 Å². The normalized spacial score (nSPS) is 19.6. The highest BCUT2D eigenvalue weighted by atomic mass is 32.2. The van der Waals surface area contributed by atoms with Crippen molar-refractivity contribution >= 4 is 11.8 Å². The molecule has 0 radical (unpaired) electrons. The molecule has 2 N–H and O–H groups in total. The lowest BCUT2D eigenvalue weighted by atomic mass is 9.86. The van der Waals surface area contributed by atoms with Gasteiger partial charge < -0.3 is 10.2 Å². The Bertz CT molecular complexity index is 346. The lowest BCUT2D eigenvalue weighted by Crippen LogP contribution is -2.33. The molecule has 2 nitrogen and oxygen atoms in total. The number of thioether (sulfide) groups is 1. The second-order valence-corrected chi connectivity index (χ2v) is 5.56. The van der Waals surface area contributed by atoms with E-state index in [1.54, 1.807) is 17.8 Å². The molecule has 2 rings (SSSR count). The maximum Gasteiger partial charge on any atom is 0.129 e. The van der Waals surface area contributed by atoms with Crippen LogP contribution in [0.5, 0.6) is 5.75 Å². The van der Waals surface area contributed by atoms with Crippen LogP contribution in [-0.4, -0.2) is 21.6 Å². The van der Waals surface area contributed by atoms with Crippen molar-refractivity contribution in [1.29, 1.82) is 0 Å². The first-order valence-corrected chi connectivity index (χ1v) is 6.81. The van der Waals surface area contributed by atoms with Gasteiger partial charge in [0.1, 0.15) is 5.75 Å². The van der Waals surface area contributed by atoms with E-state index in [0.29, 0.717) is 11.5 Å². The smallest absolute Gasteiger partial charge is 0.129 e. The number of rotatable bonds is 3. The first kappa shape index (κ1) is 11.8. The molecule has 0 atom stereocenters. The van der Waals surface area contributed by atoms with E-state index in [4.69, 9.17) is 0 Å². The van der Waals surface area contributed by atoms with Crippen LogP contribution in [0, 0.1) is 0 Å². The number of aliphatic hydroxyl groups is 1. The second-order valence-electron chi connectivity index (χ2n) is 4.54. The van der Waals surface area contributed by atoms with Crippen LogP contribution in [0.15, 0.2) is 29.2 Å². The van der Waals surface area contributed by atoms with E-state index in [9.17, 15) is 10.2 Å². The fourth-order valence-corrected chi connectivity index (χ4v) is 3.25. The van der Waals surface area contributed by atoms with E-state index in [2.05, 4.69) is 0 Å². The predicted molar refractivity (Wildman–Crippen MR) is 66.9 cm³/mol. The summed E-state index contributed by atoms with van der Waals surface area (Å²) in [5.41, 5.74) is -0.523. The molecule has 0 heterocycles. The van der Waals surface area contributed by atoms with Crippen molar-refractivity contribution in [2.45, 2.75) is 42.6 Å². The first-order valence-electron chi connectivity index (χ1n) is 5.83. The van der Waals surface area contributed by atoms with Crippen molar-refractivity contribution in [1.82, 2.24) is 0 Å². The van der Waals surface area contributed by atoms with Gasteiger partial charge in [0, 0.05) is 10.6 Å². The van der Waals surface area contributed by atoms with Gasteiger partial charge in [0.05, 0.1) is 5.60 Å². The summed E-state index contributed by atoms with van der Waals surface area (Å²) in [4.78, 5) is 0.862. The lowest BCUT2D eigenvalue weighted by molar-refractivity contribution is 0.0273. The van der Waals surface area contributed by atoms with Crippen LogP contribution in [0.3, 0.4) is 0 Å². The quantitative estimate of drug-likeness (QED) is 0.795. The number of aromatic hydroxyl groups is 1. The van der Waals surface area contributed by atoms with Gasteiger partial charge in [-0.05, 0) is 25.0 Å². The molecule has 1 aromatic rings. The molecule has 0 aliphatic heterocycles. The maximum absolute atomic E-state index is 10.3. The van der Waals surface area contributed by atoms with Crippen LogP contribution in [-0.2, 0) is 0 Å². The number of para-hydroxylation sites is 1. The molecule has 0 aromatic heterocycles. The zero-order valence-corrected chi connectivity index (χ0v) is 10.2. The molecule has 0 saturated heterocycles. The molecule has 1 saturated carbocycles. The van der Waals surface area contributed by atoms with Crippen LogP contribution in [0.25, 0.3) is 0 Å². The van der Waals surface area contributed by atoms with Crippen molar-refractivity contribution in [2.24, 2.45) is 0 Å². The molecule has 1 fully saturated rings. The van der Waals surface area contributed by atoms with Crippen molar-refractivity contribution in [3.8, 4) is 5.75 Å². The molecular weight excluding hydrogens is 220 g/mol. The third-order valence-corrected chi connectivity index (χ3v) is 4.48. The molecule has 0 bridgehead atoms. The monoisotopic (exact) mass is 238 g/mol. The van der Waals surface area contributed by atoms with Crippen molar-refractivity contribution in [2.75, 3.05) is 5.75 Å². The molecule has 3 heteroatoms. The summed E-state index contributed by atoms with van der Waals surface area (Å²) >= 11 is 1.55. The second kappa shape index (κ2) is 5.11. The lowest BCUT2D eigenvalue weighted by Gasteiger charge is -2.31. The predicted octanol–water partition coefficient (Wildman–Crippen LogP) is 3.18. The molecule has 1 aromatic carbocycles. The summed E-state index contributed by atoms with van der Waals surface area (Å²) in [7, 11) is 0. The minimum absolute atomic E-state index is 0.312. The van der Waals surface area contributed by atoms with Crippen LogP contribution in [0.2, 0.25) is 0 Å². The van der Waals surface area contributed by atoms with Gasteiger partial charge >= 0.3 is 0 Å². The Labute approximate surface area is 101 Å². The van der Waals surface area contributed by atoms with Gasteiger partial charge in [0.2, 0.25) is 0 Å². The number of hydrogen-bond acceptors (Lipinski definition) is 3. The Morgan fingerprint density at radius 3 is 2.50 bits per heavy atom. The molecule has 16 heavy (non-hydrogen) atoms. The Morgan fingerprint density at radius 1 is 1.12 bits per heavy atom. The first-order chi connectivity index (χ1) is 7.70. The van der Waals surface area contributed by atoms with Gasteiger partial charge in [-0.3, -0.25) is 0 Å². The van der Waals surface area contributed by atoms with Crippen LogP contribution in [0.1, 0.15) is 32.1 Å². The maximum atomic E-state index is 10.3. The molecule has 1 aliphatic rings. The van der Waals surface area contributed by atoms with Gasteiger partial charge in [-0.2, -0.15) is 0 Å². The van der Waals surface area contributed by atoms with Gasteiger partial charge in [0.25, 0.3) is 0 Å². The molecule has 1 aliphatic carbocycles. The van der Waals surface area contributed by atoms with Gasteiger partial charge in [0.15, 0.2) is 0 Å². The summed E-state index contributed by atoms with van der Waals surface area (Å²) in [6.07, 6.45) is 5.28. The van der Waals surface area contributed by atoms with E-state index in [-0.39, 0.29) is 0 Å². The highest BCUT2D eigenvalue weighted by Crippen LogP contribution is 2.36. The van der Waals surface area contributed by atoms with Gasteiger partial charge in [-0.15, -0.1) is 11.8 Å². The molecule has 0 unspecified atom stereocenters. The summed E-state index contributed by atoms with van der Waals surface area (Å²) in [5.74, 6) is 0.997. The van der Waals surface area contributed by atoms with Crippen molar-refractivity contribution in [3.05, 3.63) is 24.3 Å². The van der Waals surface area contributed by atoms with Gasteiger partial charge in [-0.1, -0.05) is 31.4 Å². The van der Waals surface area contributed by atoms with Crippen LogP contribution >= 0.6 is 11.8 Å². The van der Waals surface area contributed by atoms with E-state index in [0.717, 1.165) is 30.6 Å². The summed E-state index contributed by atoms with van der Waals surface area (Å²) < 4.78 is 0.